The molecule has 0 unspecified atom stereocenters. The molecule has 5 heteroatoms. The molecule has 1 aliphatic rings. The fourth-order valence-corrected chi connectivity index (χ4v) is 4.68. The quantitative estimate of drug-likeness (QED) is 0.753. The summed E-state index contributed by atoms with van der Waals surface area (Å²) >= 11 is 1.73. The Labute approximate surface area is 172 Å². The van der Waals surface area contributed by atoms with Crippen molar-refractivity contribution in [1.82, 2.24) is 10.2 Å². The van der Waals surface area contributed by atoms with Crippen LogP contribution in [0.2, 0.25) is 0 Å². The second-order valence-electron chi connectivity index (χ2n) is 8.15. The van der Waals surface area contributed by atoms with Crippen molar-refractivity contribution >= 4 is 23.2 Å². The highest BCUT2D eigenvalue weighted by Gasteiger charge is 2.45. The maximum absolute atomic E-state index is 13.0. The van der Waals surface area contributed by atoms with Crippen molar-refractivity contribution in [1.29, 1.82) is 0 Å². The van der Waals surface area contributed by atoms with Gasteiger partial charge in [0.05, 0.1) is 5.41 Å². The summed E-state index contributed by atoms with van der Waals surface area (Å²) in [6, 6.07) is 12.7. The van der Waals surface area contributed by atoms with Gasteiger partial charge in [-0.1, -0.05) is 44.2 Å². The van der Waals surface area contributed by atoms with Crippen molar-refractivity contribution in [3.05, 3.63) is 47.3 Å². The number of nitrogens with one attached hydrogen (secondary N) is 1. The Morgan fingerprint density at radius 1 is 1.21 bits per heavy atom. The lowest BCUT2D eigenvalue weighted by Gasteiger charge is -2.28. The van der Waals surface area contributed by atoms with Gasteiger partial charge in [-0.2, -0.15) is 0 Å². The van der Waals surface area contributed by atoms with Crippen molar-refractivity contribution < 1.29 is 9.59 Å². The van der Waals surface area contributed by atoms with Crippen molar-refractivity contribution in [3.63, 3.8) is 0 Å². The van der Waals surface area contributed by atoms with Gasteiger partial charge in [-0.15, -0.1) is 11.3 Å². The van der Waals surface area contributed by atoms with Gasteiger partial charge in [0.25, 0.3) is 0 Å². The van der Waals surface area contributed by atoms with Gasteiger partial charge < -0.3 is 10.2 Å². The zero-order valence-corrected chi connectivity index (χ0v) is 17.8. The summed E-state index contributed by atoms with van der Waals surface area (Å²) in [7, 11) is 0. The Morgan fingerprint density at radius 2 is 1.96 bits per heavy atom. The number of carbonyl (C=O) groups is 2. The summed E-state index contributed by atoms with van der Waals surface area (Å²) < 4.78 is 0. The minimum absolute atomic E-state index is 0.0668. The normalized spacial score (nSPS) is 19.2. The highest BCUT2D eigenvalue weighted by molar-refractivity contribution is 7.13. The summed E-state index contributed by atoms with van der Waals surface area (Å²) in [4.78, 5) is 28.6. The van der Waals surface area contributed by atoms with Crippen LogP contribution >= 0.6 is 11.3 Å². The number of hydrogen-bond acceptors (Lipinski definition) is 3. The molecule has 150 valence electrons. The highest BCUT2D eigenvalue weighted by atomic mass is 32.1. The van der Waals surface area contributed by atoms with Gasteiger partial charge in [0.15, 0.2) is 0 Å². The molecule has 0 spiro atoms. The van der Waals surface area contributed by atoms with Gasteiger partial charge in [0.1, 0.15) is 0 Å². The van der Waals surface area contributed by atoms with Crippen LogP contribution in [0.15, 0.2) is 41.8 Å². The van der Waals surface area contributed by atoms with Gasteiger partial charge in [0, 0.05) is 30.9 Å². The van der Waals surface area contributed by atoms with Crippen LogP contribution in [0, 0.1) is 11.3 Å². The minimum atomic E-state index is -0.535. The van der Waals surface area contributed by atoms with E-state index in [2.05, 4.69) is 60.9 Å². The third kappa shape index (κ3) is 4.64. The van der Waals surface area contributed by atoms with E-state index in [1.807, 2.05) is 11.8 Å². The minimum Gasteiger partial charge on any atom is -0.356 e. The summed E-state index contributed by atoms with van der Waals surface area (Å²) in [5, 5.41) is 5.09. The molecule has 1 aliphatic heterocycles. The van der Waals surface area contributed by atoms with E-state index in [4.69, 9.17) is 0 Å². The summed E-state index contributed by atoms with van der Waals surface area (Å²) in [5.41, 5.74) is 1.81. The van der Waals surface area contributed by atoms with Crippen LogP contribution in [0.3, 0.4) is 0 Å². The van der Waals surface area contributed by atoms with E-state index in [1.165, 1.54) is 10.4 Å². The second-order valence-corrected chi connectivity index (χ2v) is 9.10. The third-order valence-corrected chi connectivity index (χ3v) is 6.33. The van der Waals surface area contributed by atoms with Crippen LogP contribution in [0.25, 0.3) is 10.4 Å². The van der Waals surface area contributed by atoms with E-state index >= 15 is 0 Å². The largest absolute Gasteiger partial charge is 0.356 e. The first kappa shape index (κ1) is 20.6. The molecule has 3 rings (SSSR count). The van der Waals surface area contributed by atoms with Crippen molar-refractivity contribution in [2.75, 3.05) is 19.6 Å². The smallest absolute Gasteiger partial charge is 0.228 e. The van der Waals surface area contributed by atoms with Gasteiger partial charge in [-0.25, -0.2) is 0 Å². The lowest BCUT2D eigenvalue weighted by Crippen LogP contribution is -2.45. The summed E-state index contributed by atoms with van der Waals surface area (Å²) in [6.45, 7) is 7.84. The number of thiophene rings is 1. The maximum atomic E-state index is 13.0. The van der Waals surface area contributed by atoms with Crippen LogP contribution in [0.5, 0.6) is 0 Å². The fourth-order valence-electron chi connectivity index (χ4n) is 3.94. The van der Waals surface area contributed by atoms with E-state index in [0.717, 1.165) is 12.0 Å². The molecule has 28 heavy (non-hydrogen) atoms. The molecule has 2 heterocycles. The molecule has 2 amide bonds. The predicted molar refractivity (Wildman–Crippen MR) is 115 cm³/mol. The monoisotopic (exact) mass is 398 g/mol. The average molecular weight is 399 g/mol. The molecule has 1 saturated heterocycles. The van der Waals surface area contributed by atoms with Crippen molar-refractivity contribution in [2.24, 2.45) is 11.3 Å². The predicted octanol–water partition coefficient (Wildman–Crippen LogP) is 4.36. The zero-order chi connectivity index (χ0) is 20.1. The molecular formula is C23H30N2O2S. The molecular weight excluding hydrogens is 368 g/mol. The molecule has 1 aromatic heterocycles. The average Bonchev–Trinajstić information content (AvgIpc) is 3.33. The summed E-state index contributed by atoms with van der Waals surface area (Å²) in [5.74, 6) is 0.558. The Balaban J connectivity index is 1.77. The van der Waals surface area contributed by atoms with Crippen LogP contribution in [-0.2, 0) is 16.0 Å². The molecule has 0 radical (unpaired) electrons. The van der Waals surface area contributed by atoms with Gasteiger partial charge in [-0.3, -0.25) is 9.59 Å². The lowest BCUT2D eigenvalue weighted by atomic mass is 9.79. The van der Waals surface area contributed by atoms with E-state index in [9.17, 15) is 9.59 Å². The third-order valence-electron chi connectivity index (χ3n) is 5.41. The standard InChI is InChI=1S/C23H30N2O2S/c1-4-24-22(27)23(11-12-25(16-23)21(26)14-17(2)3)15-18-7-9-19(10-8-18)20-6-5-13-28-20/h5-10,13,17H,4,11-12,14-16H2,1-3H3,(H,24,27)/t23-/m0/s1. The molecule has 2 aromatic rings. The Bertz CT molecular complexity index is 799. The SMILES string of the molecule is CCNC(=O)[C@]1(Cc2ccc(-c3cccs3)cc2)CCN(C(=O)CC(C)C)C1. The van der Waals surface area contributed by atoms with Gasteiger partial charge in [0.2, 0.25) is 11.8 Å². The number of nitrogens with zero attached hydrogens (tertiary/aromatic N) is 1. The van der Waals surface area contributed by atoms with E-state index in [1.54, 1.807) is 11.3 Å². The number of benzene rings is 1. The number of carbonyl (C=O) groups excluding carboxylic acids is 2. The van der Waals surface area contributed by atoms with Gasteiger partial charge >= 0.3 is 0 Å². The van der Waals surface area contributed by atoms with Crippen LogP contribution in [0.1, 0.15) is 39.2 Å². The first-order chi connectivity index (χ1) is 13.4. The molecule has 1 atom stereocenters. The highest BCUT2D eigenvalue weighted by Crippen LogP contribution is 2.36. The molecule has 0 aliphatic carbocycles. The number of likely N-dealkylation sites (tertiary alicyclic amines) is 1. The van der Waals surface area contributed by atoms with Gasteiger partial charge in [-0.05, 0) is 48.3 Å². The molecule has 1 N–H and O–H groups in total. The first-order valence-corrected chi connectivity index (χ1v) is 11.0. The zero-order valence-electron chi connectivity index (χ0n) is 17.0. The Kier molecular flexibility index (Phi) is 6.55. The van der Waals surface area contributed by atoms with Crippen LogP contribution < -0.4 is 5.32 Å². The number of amides is 2. The maximum Gasteiger partial charge on any atom is 0.228 e. The fraction of sp³-hybridized carbons (Fsp3) is 0.478. The van der Waals surface area contributed by atoms with Crippen molar-refractivity contribution in [3.8, 4) is 10.4 Å². The van der Waals surface area contributed by atoms with Crippen LogP contribution in [0.4, 0.5) is 0 Å². The lowest BCUT2D eigenvalue weighted by molar-refractivity contribution is -0.133. The van der Waals surface area contributed by atoms with E-state index in [0.29, 0.717) is 38.4 Å². The van der Waals surface area contributed by atoms with E-state index in [-0.39, 0.29) is 11.8 Å². The first-order valence-electron chi connectivity index (χ1n) is 10.1. The van der Waals surface area contributed by atoms with Crippen LogP contribution in [-0.4, -0.2) is 36.3 Å². The Hall–Kier alpha value is -2.14. The molecule has 1 fully saturated rings. The molecule has 4 nitrogen and oxygen atoms in total. The molecule has 0 bridgehead atoms. The topological polar surface area (TPSA) is 49.4 Å². The summed E-state index contributed by atoms with van der Waals surface area (Å²) in [6.07, 6.45) is 1.92. The van der Waals surface area contributed by atoms with Crippen molar-refractivity contribution in [2.45, 2.75) is 40.0 Å². The Morgan fingerprint density at radius 3 is 2.57 bits per heavy atom. The second kappa shape index (κ2) is 8.91. The molecule has 0 saturated carbocycles. The number of hydrogen-bond donors (Lipinski definition) is 1. The van der Waals surface area contributed by atoms with E-state index < -0.39 is 5.41 Å². The molecule has 1 aromatic carbocycles. The number of rotatable bonds is 7.